The van der Waals surface area contributed by atoms with Crippen LogP contribution in [0.25, 0.3) is 0 Å². The van der Waals surface area contributed by atoms with Crippen LogP contribution in [0.2, 0.25) is 0 Å². The highest BCUT2D eigenvalue weighted by Gasteiger charge is 1.99. The molecule has 2 nitrogen and oxygen atoms in total. The Hall–Kier alpha value is -0.530. The van der Waals surface area contributed by atoms with E-state index in [1.54, 1.807) is 0 Å². The molecular weight excluding hydrogens is 102 g/mol. The van der Waals surface area contributed by atoms with E-state index in [1.165, 1.54) is 0 Å². The number of nitrogens with zero attached hydrogens (tertiary/aromatic N) is 1. The van der Waals surface area contributed by atoms with Gasteiger partial charge in [-0.1, -0.05) is 0 Å². The van der Waals surface area contributed by atoms with Crippen molar-refractivity contribution in [2.75, 3.05) is 0 Å². The standard InChI is InChI=1S/C6H13NO/c1-5(2)7(8)6(3)4/h5H,1-4H3. The van der Waals surface area contributed by atoms with Crippen molar-refractivity contribution < 1.29 is 4.74 Å². The van der Waals surface area contributed by atoms with Crippen molar-refractivity contribution >= 4 is 5.71 Å². The maximum atomic E-state index is 10.7. The summed E-state index contributed by atoms with van der Waals surface area (Å²) >= 11 is 0. The lowest BCUT2D eigenvalue weighted by Gasteiger charge is -2.08. The molecule has 0 heterocycles. The van der Waals surface area contributed by atoms with Crippen molar-refractivity contribution in [2.24, 2.45) is 0 Å². The summed E-state index contributed by atoms with van der Waals surface area (Å²) in [6.45, 7) is 7.38. The molecule has 0 aromatic rings. The summed E-state index contributed by atoms with van der Waals surface area (Å²) in [6, 6.07) is 0.0833. The first-order valence-electron chi connectivity index (χ1n) is 2.82. The van der Waals surface area contributed by atoms with E-state index in [1.807, 2.05) is 27.7 Å². The monoisotopic (exact) mass is 115 g/mol. The van der Waals surface area contributed by atoms with E-state index in [-0.39, 0.29) is 6.04 Å². The summed E-state index contributed by atoms with van der Waals surface area (Å²) < 4.78 is 1.00. The zero-order chi connectivity index (χ0) is 6.73. The number of hydroxylamine groups is 1. The van der Waals surface area contributed by atoms with Gasteiger partial charge in [-0.2, -0.15) is 0 Å². The predicted molar refractivity (Wildman–Crippen MR) is 35.1 cm³/mol. The lowest BCUT2D eigenvalue weighted by Crippen LogP contribution is -2.18. The van der Waals surface area contributed by atoms with Crippen LogP contribution in [0.3, 0.4) is 0 Å². The molecule has 8 heavy (non-hydrogen) atoms. The maximum Gasteiger partial charge on any atom is 0.157 e. The third-order valence-corrected chi connectivity index (χ3v) is 0.910. The van der Waals surface area contributed by atoms with Crippen LogP contribution in [0.1, 0.15) is 27.7 Å². The first-order chi connectivity index (χ1) is 3.55. The largest absolute Gasteiger partial charge is 0.624 e. The molecule has 0 fully saturated rings. The quantitative estimate of drug-likeness (QED) is 0.219. The van der Waals surface area contributed by atoms with Gasteiger partial charge in [-0.05, 0) is 13.8 Å². The molecule has 48 valence electrons. The molecule has 0 aliphatic heterocycles. The van der Waals surface area contributed by atoms with Crippen LogP contribution < -0.4 is 0 Å². The van der Waals surface area contributed by atoms with Gasteiger partial charge in [0.2, 0.25) is 0 Å². The van der Waals surface area contributed by atoms with Crippen LogP contribution >= 0.6 is 0 Å². The second-order valence-corrected chi connectivity index (χ2v) is 2.37. The molecule has 0 aromatic carbocycles. The Balaban J connectivity index is 4.00. The summed E-state index contributed by atoms with van der Waals surface area (Å²) in [5, 5.41) is 10.7. The fraction of sp³-hybridized carbons (Fsp3) is 0.833. The van der Waals surface area contributed by atoms with E-state index >= 15 is 0 Å². The zero-order valence-electron chi connectivity index (χ0n) is 5.93. The molecule has 0 radical (unpaired) electrons. The van der Waals surface area contributed by atoms with Gasteiger partial charge in [-0.25, -0.2) is 4.74 Å². The van der Waals surface area contributed by atoms with Crippen LogP contribution in [0.15, 0.2) is 0 Å². The van der Waals surface area contributed by atoms with Gasteiger partial charge in [0.25, 0.3) is 0 Å². The van der Waals surface area contributed by atoms with Crippen molar-refractivity contribution in [3.63, 3.8) is 0 Å². The summed E-state index contributed by atoms with van der Waals surface area (Å²) in [5.74, 6) is 0. The van der Waals surface area contributed by atoms with Crippen LogP contribution in [0.4, 0.5) is 0 Å². The van der Waals surface area contributed by atoms with Crippen molar-refractivity contribution in [1.29, 1.82) is 0 Å². The Morgan fingerprint density at radius 2 is 1.75 bits per heavy atom. The van der Waals surface area contributed by atoms with E-state index in [9.17, 15) is 5.21 Å². The summed E-state index contributed by atoms with van der Waals surface area (Å²) in [7, 11) is 0. The van der Waals surface area contributed by atoms with Gasteiger partial charge in [0.1, 0.15) is 0 Å². The van der Waals surface area contributed by atoms with Gasteiger partial charge >= 0.3 is 0 Å². The van der Waals surface area contributed by atoms with Crippen molar-refractivity contribution in [3.05, 3.63) is 5.21 Å². The average Bonchev–Trinajstić information content (AvgIpc) is 1.64. The van der Waals surface area contributed by atoms with Crippen molar-refractivity contribution in [3.8, 4) is 0 Å². The molecule has 0 N–H and O–H groups in total. The van der Waals surface area contributed by atoms with E-state index in [2.05, 4.69) is 0 Å². The van der Waals surface area contributed by atoms with Crippen LogP contribution in [-0.2, 0) is 0 Å². The SMILES string of the molecule is CC(C)=[N+]([O-])C(C)C. The highest BCUT2D eigenvalue weighted by molar-refractivity contribution is 5.73. The molecule has 0 atom stereocenters. The molecule has 0 spiro atoms. The molecule has 0 unspecified atom stereocenters. The second-order valence-electron chi connectivity index (χ2n) is 2.37. The molecule has 0 aromatic heterocycles. The van der Waals surface area contributed by atoms with E-state index in [0.29, 0.717) is 0 Å². The molecule has 0 aliphatic carbocycles. The third kappa shape index (κ3) is 1.96. The van der Waals surface area contributed by atoms with Gasteiger partial charge in [0.15, 0.2) is 11.8 Å². The Labute approximate surface area is 50.4 Å². The highest BCUT2D eigenvalue weighted by atomic mass is 16.5. The molecule has 0 bridgehead atoms. The fourth-order valence-corrected chi connectivity index (χ4v) is 0.516. The average molecular weight is 115 g/mol. The minimum Gasteiger partial charge on any atom is -0.624 e. The number of hydrogen-bond acceptors (Lipinski definition) is 1. The van der Waals surface area contributed by atoms with Crippen molar-refractivity contribution in [1.82, 2.24) is 0 Å². The Morgan fingerprint density at radius 1 is 1.38 bits per heavy atom. The first kappa shape index (κ1) is 7.47. The highest BCUT2D eigenvalue weighted by Crippen LogP contribution is 1.86. The predicted octanol–water partition coefficient (Wildman–Crippen LogP) is 1.39. The summed E-state index contributed by atoms with van der Waals surface area (Å²) in [6.07, 6.45) is 0. The molecular formula is C6H13NO. The maximum absolute atomic E-state index is 10.7. The van der Waals surface area contributed by atoms with Crippen molar-refractivity contribution in [2.45, 2.75) is 33.7 Å². The molecule has 0 saturated heterocycles. The molecule has 0 saturated carbocycles. The van der Waals surface area contributed by atoms with Gasteiger partial charge < -0.3 is 5.21 Å². The lowest BCUT2D eigenvalue weighted by atomic mass is 10.4. The normalized spacial score (nSPS) is 9.62. The van der Waals surface area contributed by atoms with E-state index in [0.717, 1.165) is 10.5 Å². The second kappa shape index (κ2) is 2.70. The lowest BCUT2D eigenvalue weighted by molar-refractivity contribution is -0.493. The van der Waals surface area contributed by atoms with Gasteiger partial charge in [-0.3, -0.25) is 0 Å². The molecule has 0 rings (SSSR count). The molecule has 2 heteroatoms. The third-order valence-electron chi connectivity index (χ3n) is 0.910. The summed E-state index contributed by atoms with van der Waals surface area (Å²) in [4.78, 5) is 0. The van der Waals surface area contributed by atoms with Gasteiger partial charge in [0, 0.05) is 13.8 Å². The minimum absolute atomic E-state index is 0.0833. The van der Waals surface area contributed by atoms with Crippen LogP contribution in [0, 0.1) is 5.21 Å². The topological polar surface area (TPSA) is 26.1 Å². The van der Waals surface area contributed by atoms with Crippen LogP contribution in [-0.4, -0.2) is 16.5 Å². The molecule has 0 aliphatic rings. The first-order valence-corrected chi connectivity index (χ1v) is 2.82. The fourth-order valence-electron chi connectivity index (χ4n) is 0.516. The smallest absolute Gasteiger partial charge is 0.157 e. The Kier molecular flexibility index (Phi) is 2.52. The molecule has 0 amide bonds. The Bertz CT molecular complexity index is 101. The van der Waals surface area contributed by atoms with Crippen LogP contribution in [0.5, 0.6) is 0 Å². The minimum atomic E-state index is 0.0833. The zero-order valence-corrected chi connectivity index (χ0v) is 5.93. The van der Waals surface area contributed by atoms with E-state index < -0.39 is 0 Å². The van der Waals surface area contributed by atoms with Gasteiger partial charge in [0.05, 0.1) is 0 Å². The Morgan fingerprint density at radius 3 is 1.75 bits per heavy atom. The number of rotatable bonds is 1. The van der Waals surface area contributed by atoms with E-state index in [4.69, 9.17) is 0 Å². The summed E-state index contributed by atoms with van der Waals surface area (Å²) in [5.41, 5.74) is 0.819. The van der Waals surface area contributed by atoms with Gasteiger partial charge in [-0.15, -0.1) is 0 Å². The number of hydrogen-bond donors (Lipinski definition) is 0.